The molecular formula is C19H28FN5. The second-order valence-electron chi connectivity index (χ2n) is 7.06. The molecule has 0 spiro atoms. The van der Waals surface area contributed by atoms with Gasteiger partial charge in [-0.1, -0.05) is 37.3 Å². The number of benzene rings is 1. The molecule has 136 valence electrons. The largest absolute Gasteiger partial charge is 0.299 e. The van der Waals surface area contributed by atoms with Crippen LogP contribution in [-0.2, 0) is 19.6 Å². The lowest BCUT2D eigenvalue weighted by Crippen LogP contribution is -2.48. The minimum absolute atomic E-state index is 0.286. The minimum Gasteiger partial charge on any atom is -0.299 e. The van der Waals surface area contributed by atoms with Gasteiger partial charge in [-0.25, -0.2) is 14.1 Å². The van der Waals surface area contributed by atoms with Crippen molar-refractivity contribution in [2.75, 3.05) is 26.8 Å². The Kier molecular flexibility index (Phi) is 6.15. The van der Waals surface area contributed by atoms with Crippen LogP contribution in [0.2, 0.25) is 0 Å². The van der Waals surface area contributed by atoms with Gasteiger partial charge in [0.25, 0.3) is 0 Å². The predicted octanol–water partition coefficient (Wildman–Crippen LogP) is 2.59. The summed E-state index contributed by atoms with van der Waals surface area (Å²) in [5.74, 6) is 1.43. The van der Waals surface area contributed by atoms with Gasteiger partial charge in [0.05, 0.1) is 13.1 Å². The van der Waals surface area contributed by atoms with E-state index in [2.05, 4.69) is 64.2 Å². The molecule has 0 bridgehead atoms. The van der Waals surface area contributed by atoms with Crippen LogP contribution in [0.5, 0.6) is 0 Å². The van der Waals surface area contributed by atoms with Gasteiger partial charge in [-0.15, -0.1) is 0 Å². The first-order valence-corrected chi connectivity index (χ1v) is 9.06. The molecule has 1 aliphatic rings. The lowest BCUT2D eigenvalue weighted by molar-refractivity contribution is 0.0697. The van der Waals surface area contributed by atoms with E-state index in [1.54, 1.807) is 4.68 Å². The van der Waals surface area contributed by atoms with Crippen LogP contribution in [0, 0.1) is 5.92 Å². The zero-order chi connectivity index (χ0) is 17.6. The highest BCUT2D eigenvalue weighted by molar-refractivity contribution is 5.14. The van der Waals surface area contributed by atoms with Crippen molar-refractivity contribution in [3.05, 3.63) is 48.0 Å². The Morgan fingerprint density at radius 3 is 2.80 bits per heavy atom. The van der Waals surface area contributed by atoms with Crippen molar-refractivity contribution in [2.24, 2.45) is 5.92 Å². The Morgan fingerprint density at radius 2 is 2.08 bits per heavy atom. The van der Waals surface area contributed by atoms with E-state index in [4.69, 9.17) is 0 Å². The Balaban J connectivity index is 1.54. The molecule has 2 heterocycles. The first-order valence-electron chi connectivity index (χ1n) is 9.06. The summed E-state index contributed by atoms with van der Waals surface area (Å²) in [5.41, 5.74) is 1.38. The summed E-state index contributed by atoms with van der Waals surface area (Å²) in [7, 11) is 2.14. The first-order chi connectivity index (χ1) is 12.2. The molecule has 0 N–H and O–H groups in total. The monoisotopic (exact) mass is 345 g/mol. The average molecular weight is 345 g/mol. The Hall–Kier alpha value is -1.79. The highest BCUT2D eigenvalue weighted by Crippen LogP contribution is 2.23. The fourth-order valence-corrected chi connectivity index (χ4v) is 3.88. The third kappa shape index (κ3) is 4.64. The van der Waals surface area contributed by atoms with E-state index in [0.29, 0.717) is 18.5 Å². The van der Waals surface area contributed by atoms with E-state index in [-0.39, 0.29) is 6.54 Å². The van der Waals surface area contributed by atoms with Crippen molar-refractivity contribution >= 4 is 0 Å². The summed E-state index contributed by atoms with van der Waals surface area (Å²) in [6.07, 6.45) is 2.66. The normalized spacial score (nSPS) is 21.8. The Morgan fingerprint density at radius 1 is 1.28 bits per heavy atom. The van der Waals surface area contributed by atoms with Gasteiger partial charge in [0.1, 0.15) is 18.8 Å². The number of rotatable bonds is 7. The molecule has 6 heteroatoms. The maximum Gasteiger partial charge on any atom is 0.141 e. The zero-order valence-electron chi connectivity index (χ0n) is 15.2. The predicted molar refractivity (Wildman–Crippen MR) is 96.8 cm³/mol. The van der Waals surface area contributed by atoms with Crippen LogP contribution in [0.1, 0.15) is 24.7 Å². The van der Waals surface area contributed by atoms with Gasteiger partial charge in [0, 0.05) is 19.1 Å². The molecule has 2 atom stereocenters. The Labute approximate surface area is 149 Å². The third-order valence-electron chi connectivity index (χ3n) is 5.14. The molecule has 0 amide bonds. The highest BCUT2D eigenvalue weighted by Gasteiger charge is 2.29. The lowest BCUT2D eigenvalue weighted by Gasteiger charge is -2.41. The van der Waals surface area contributed by atoms with Crippen molar-refractivity contribution in [3.8, 4) is 0 Å². The molecule has 5 nitrogen and oxygen atoms in total. The number of nitrogens with zero attached hydrogens (tertiary/aromatic N) is 5. The van der Waals surface area contributed by atoms with E-state index in [0.717, 1.165) is 31.9 Å². The van der Waals surface area contributed by atoms with E-state index < -0.39 is 6.67 Å². The summed E-state index contributed by atoms with van der Waals surface area (Å²) in [5, 5.41) is 4.11. The molecule has 2 aromatic rings. The van der Waals surface area contributed by atoms with Crippen molar-refractivity contribution in [1.82, 2.24) is 24.6 Å². The molecule has 1 aromatic heterocycles. The van der Waals surface area contributed by atoms with E-state index >= 15 is 0 Å². The van der Waals surface area contributed by atoms with Gasteiger partial charge in [-0.3, -0.25) is 9.80 Å². The summed E-state index contributed by atoms with van der Waals surface area (Å²) in [6, 6.07) is 11.2. The lowest BCUT2D eigenvalue weighted by atomic mass is 9.92. The number of piperidine rings is 1. The first kappa shape index (κ1) is 18.0. The molecule has 0 aliphatic carbocycles. The van der Waals surface area contributed by atoms with Crippen LogP contribution >= 0.6 is 0 Å². The number of likely N-dealkylation sites (tertiary alicyclic amines) is 1. The van der Waals surface area contributed by atoms with Gasteiger partial charge in [-0.2, -0.15) is 5.10 Å². The van der Waals surface area contributed by atoms with Gasteiger partial charge >= 0.3 is 0 Å². The fourth-order valence-electron chi connectivity index (χ4n) is 3.88. The highest BCUT2D eigenvalue weighted by atomic mass is 19.1. The quantitative estimate of drug-likeness (QED) is 0.773. The number of halogens is 1. The molecule has 1 fully saturated rings. The summed E-state index contributed by atoms with van der Waals surface area (Å²) >= 11 is 0. The molecule has 2 unspecified atom stereocenters. The van der Waals surface area contributed by atoms with E-state index in [9.17, 15) is 4.39 Å². The van der Waals surface area contributed by atoms with E-state index in [1.165, 1.54) is 11.9 Å². The van der Waals surface area contributed by atoms with Crippen molar-refractivity contribution in [1.29, 1.82) is 0 Å². The number of hydrogen-bond donors (Lipinski definition) is 0. The van der Waals surface area contributed by atoms with Crippen LogP contribution in [0.15, 0.2) is 36.7 Å². The topological polar surface area (TPSA) is 37.2 Å². The van der Waals surface area contributed by atoms with Crippen LogP contribution < -0.4 is 0 Å². The molecule has 0 saturated carbocycles. The van der Waals surface area contributed by atoms with Crippen LogP contribution in [0.3, 0.4) is 0 Å². The number of aryl methyl sites for hydroxylation is 1. The summed E-state index contributed by atoms with van der Waals surface area (Å²) in [4.78, 5) is 9.19. The summed E-state index contributed by atoms with van der Waals surface area (Å²) < 4.78 is 14.3. The van der Waals surface area contributed by atoms with E-state index in [1.807, 2.05) is 0 Å². The average Bonchev–Trinajstić information content (AvgIpc) is 3.03. The Bertz CT molecular complexity index is 644. The van der Waals surface area contributed by atoms with Gasteiger partial charge in [0.15, 0.2) is 0 Å². The SMILES string of the molecule is CC1CN(Cc2ccccc2)CCC1N(C)Cc1ncnn1CCF. The van der Waals surface area contributed by atoms with Gasteiger partial charge in [0.2, 0.25) is 0 Å². The van der Waals surface area contributed by atoms with Crippen molar-refractivity contribution in [2.45, 2.75) is 39.0 Å². The number of aromatic nitrogens is 3. The van der Waals surface area contributed by atoms with Crippen LogP contribution in [0.25, 0.3) is 0 Å². The van der Waals surface area contributed by atoms with Crippen molar-refractivity contribution in [3.63, 3.8) is 0 Å². The van der Waals surface area contributed by atoms with Crippen LogP contribution in [-0.4, -0.2) is 57.4 Å². The minimum atomic E-state index is -0.408. The molecule has 1 aliphatic heterocycles. The molecule has 3 rings (SSSR count). The van der Waals surface area contributed by atoms with Crippen LogP contribution in [0.4, 0.5) is 4.39 Å². The third-order valence-corrected chi connectivity index (χ3v) is 5.14. The van der Waals surface area contributed by atoms with Crippen molar-refractivity contribution < 1.29 is 4.39 Å². The fraction of sp³-hybridized carbons (Fsp3) is 0.579. The smallest absolute Gasteiger partial charge is 0.141 e. The molecule has 1 saturated heterocycles. The maximum absolute atomic E-state index is 12.6. The summed E-state index contributed by atoms with van der Waals surface area (Å²) in [6.45, 7) is 6.14. The molecule has 1 aromatic carbocycles. The van der Waals surface area contributed by atoms with Gasteiger partial charge < -0.3 is 0 Å². The molecular weight excluding hydrogens is 317 g/mol. The standard InChI is InChI=1S/C19H28FN5/c1-16-12-24(13-17-6-4-3-5-7-17)10-8-18(16)23(2)14-19-21-15-22-25(19)11-9-20/h3-7,15-16,18H,8-14H2,1-2H3. The number of hydrogen-bond acceptors (Lipinski definition) is 4. The number of alkyl halides is 1. The zero-order valence-corrected chi connectivity index (χ0v) is 15.2. The molecule has 0 radical (unpaired) electrons. The van der Waals surface area contributed by atoms with Gasteiger partial charge in [-0.05, 0) is 31.5 Å². The maximum atomic E-state index is 12.6. The molecule has 25 heavy (non-hydrogen) atoms. The second kappa shape index (κ2) is 8.54. The second-order valence-corrected chi connectivity index (χ2v) is 7.06.